The van der Waals surface area contributed by atoms with Gasteiger partial charge in [-0.15, -0.1) is 0 Å². The molecule has 0 saturated heterocycles. The molecule has 0 aromatic heterocycles. The summed E-state index contributed by atoms with van der Waals surface area (Å²) in [7, 11) is 0. The van der Waals surface area contributed by atoms with E-state index in [1.54, 1.807) is 0 Å². The summed E-state index contributed by atoms with van der Waals surface area (Å²) >= 11 is 0. The summed E-state index contributed by atoms with van der Waals surface area (Å²) in [6.07, 6.45) is 4.85. The maximum atomic E-state index is 12.9. The van der Waals surface area contributed by atoms with Crippen molar-refractivity contribution in [1.29, 1.82) is 0 Å². The molecule has 1 aromatic carbocycles. The molecule has 144 valence electrons. The monoisotopic (exact) mass is 360 g/mol. The Hall–Kier alpha value is -1.43. The maximum Gasteiger partial charge on any atom is 0.329 e. The first kappa shape index (κ1) is 19.3. The zero-order valence-electron chi connectivity index (χ0n) is 16.2. The number of hydrogen-bond acceptors (Lipinski definition) is 5. The number of nitrogens with two attached hydrogens (primary N) is 1. The van der Waals surface area contributed by atoms with Crippen LogP contribution in [0.5, 0.6) is 0 Å². The van der Waals surface area contributed by atoms with Crippen LogP contribution < -0.4 is 11.1 Å². The van der Waals surface area contributed by atoms with Gasteiger partial charge in [-0.2, -0.15) is 0 Å². The van der Waals surface area contributed by atoms with Crippen molar-refractivity contribution in [2.24, 2.45) is 5.73 Å². The van der Waals surface area contributed by atoms with Gasteiger partial charge in [0.05, 0.1) is 11.7 Å². The van der Waals surface area contributed by atoms with Crippen LogP contribution in [-0.2, 0) is 27.4 Å². The van der Waals surface area contributed by atoms with Gasteiger partial charge >= 0.3 is 5.97 Å². The van der Waals surface area contributed by atoms with E-state index < -0.39 is 5.54 Å². The number of rotatable bonds is 7. The molecule has 0 aliphatic heterocycles. The second-order valence-electron chi connectivity index (χ2n) is 8.58. The number of carbonyl (C=O) groups excluding carboxylic acids is 1. The van der Waals surface area contributed by atoms with Crippen molar-refractivity contribution in [1.82, 2.24) is 5.32 Å². The van der Waals surface area contributed by atoms with Gasteiger partial charge < -0.3 is 15.2 Å². The molecular formula is C21H32N2O3. The van der Waals surface area contributed by atoms with E-state index in [0.29, 0.717) is 19.5 Å². The lowest BCUT2D eigenvalue weighted by Gasteiger charge is -2.25. The van der Waals surface area contributed by atoms with Crippen molar-refractivity contribution in [3.05, 3.63) is 35.4 Å². The molecule has 2 unspecified atom stereocenters. The average Bonchev–Trinajstić information content (AvgIpc) is 3.02. The van der Waals surface area contributed by atoms with Gasteiger partial charge in [0.25, 0.3) is 0 Å². The number of nitrogens with one attached hydrogen (secondary N) is 1. The fourth-order valence-corrected chi connectivity index (χ4v) is 3.59. The van der Waals surface area contributed by atoms with Crippen molar-refractivity contribution in [3.63, 3.8) is 0 Å². The van der Waals surface area contributed by atoms with E-state index in [0.717, 1.165) is 36.8 Å². The highest BCUT2D eigenvalue weighted by atomic mass is 16.6. The molecule has 0 bridgehead atoms. The number of ether oxygens (including phenoxy) is 2. The van der Waals surface area contributed by atoms with E-state index in [1.165, 1.54) is 0 Å². The molecule has 2 aliphatic rings. The highest BCUT2D eigenvalue weighted by Gasteiger charge is 2.63. The summed E-state index contributed by atoms with van der Waals surface area (Å²) in [4.78, 5) is 12.9. The first-order valence-electron chi connectivity index (χ1n) is 9.74. The quantitative estimate of drug-likeness (QED) is 0.731. The normalized spacial score (nSPS) is 26.1. The highest BCUT2D eigenvalue weighted by molar-refractivity contribution is 5.86. The van der Waals surface area contributed by atoms with Crippen molar-refractivity contribution < 1.29 is 14.3 Å². The van der Waals surface area contributed by atoms with Gasteiger partial charge in [-0.05, 0) is 57.6 Å². The zero-order valence-corrected chi connectivity index (χ0v) is 16.2. The Kier molecular flexibility index (Phi) is 5.70. The van der Waals surface area contributed by atoms with Gasteiger partial charge in [0.1, 0.15) is 11.6 Å². The van der Waals surface area contributed by atoms with Crippen molar-refractivity contribution in [2.45, 2.75) is 89.3 Å². The van der Waals surface area contributed by atoms with Crippen molar-refractivity contribution in [2.75, 3.05) is 0 Å². The van der Waals surface area contributed by atoms with Crippen LogP contribution in [0.3, 0.4) is 0 Å². The minimum atomic E-state index is -0.720. The summed E-state index contributed by atoms with van der Waals surface area (Å²) in [6, 6.07) is 8.15. The number of esters is 1. The predicted octanol–water partition coefficient (Wildman–Crippen LogP) is 3.05. The first-order valence-corrected chi connectivity index (χ1v) is 9.74. The molecule has 0 radical (unpaired) electrons. The fraction of sp³-hybridized carbons (Fsp3) is 0.667. The third-order valence-electron chi connectivity index (χ3n) is 5.20. The van der Waals surface area contributed by atoms with Crippen LogP contribution in [-0.4, -0.2) is 29.3 Å². The van der Waals surface area contributed by atoms with Gasteiger partial charge in [0, 0.05) is 19.5 Å². The first-order chi connectivity index (χ1) is 12.3. The molecule has 2 fully saturated rings. The van der Waals surface area contributed by atoms with Gasteiger partial charge in [-0.1, -0.05) is 24.3 Å². The average molecular weight is 360 g/mol. The molecular weight excluding hydrogens is 328 g/mol. The number of carbonyl (C=O) groups is 1. The minimum absolute atomic E-state index is 0.0703. The van der Waals surface area contributed by atoms with E-state index in [1.807, 2.05) is 45.0 Å². The minimum Gasteiger partial charge on any atom is -0.461 e. The fourth-order valence-electron chi connectivity index (χ4n) is 3.59. The summed E-state index contributed by atoms with van der Waals surface area (Å²) < 4.78 is 11.9. The predicted molar refractivity (Wildman–Crippen MR) is 101 cm³/mol. The summed E-state index contributed by atoms with van der Waals surface area (Å²) in [5.41, 5.74) is 6.87. The second kappa shape index (κ2) is 7.67. The van der Waals surface area contributed by atoms with Gasteiger partial charge in [0.2, 0.25) is 0 Å². The van der Waals surface area contributed by atoms with E-state index in [9.17, 15) is 4.79 Å². The Morgan fingerprint density at radius 3 is 2.38 bits per heavy atom. The smallest absolute Gasteiger partial charge is 0.329 e. The topological polar surface area (TPSA) is 73.6 Å². The van der Waals surface area contributed by atoms with Crippen molar-refractivity contribution in [3.8, 4) is 0 Å². The molecule has 3 N–H and O–H groups in total. The molecule has 5 heteroatoms. The second-order valence-corrected chi connectivity index (χ2v) is 8.58. The van der Waals surface area contributed by atoms with Gasteiger partial charge in [0.15, 0.2) is 0 Å². The molecule has 3 rings (SSSR count). The van der Waals surface area contributed by atoms with Crippen LogP contribution in [0, 0.1) is 0 Å². The lowest BCUT2D eigenvalue weighted by Crippen LogP contribution is -2.46. The van der Waals surface area contributed by atoms with E-state index in [-0.39, 0.29) is 23.8 Å². The Morgan fingerprint density at radius 1 is 1.19 bits per heavy atom. The third kappa shape index (κ3) is 4.64. The highest BCUT2D eigenvalue weighted by Crippen LogP contribution is 2.43. The number of benzene rings is 1. The van der Waals surface area contributed by atoms with Crippen LogP contribution in [0.25, 0.3) is 0 Å². The zero-order chi connectivity index (χ0) is 18.8. The molecule has 2 saturated carbocycles. The van der Waals surface area contributed by atoms with E-state index >= 15 is 0 Å². The van der Waals surface area contributed by atoms with Crippen LogP contribution in [0.2, 0.25) is 0 Å². The Morgan fingerprint density at radius 2 is 1.81 bits per heavy atom. The Balaban J connectivity index is 1.65. The number of hydrogen-bond donors (Lipinski definition) is 2. The third-order valence-corrected chi connectivity index (χ3v) is 5.20. The van der Waals surface area contributed by atoms with Crippen molar-refractivity contribution >= 4 is 5.97 Å². The molecule has 1 aromatic rings. The van der Waals surface area contributed by atoms with E-state index in [4.69, 9.17) is 15.2 Å². The molecule has 26 heavy (non-hydrogen) atoms. The molecule has 0 amide bonds. The molecule has 2 atom stereocenters. The van der Waals surface area contributed by atoms with Gasteiger partial charge in [-0.25, -0.2) is 4.79 Å². The Bertz CT molecular complexity index is 617. The molecule has 2 aliphatic carbocycles. The van der Waals surface area contributed by atoms with Crippen LogP contribution in [0.1, 0.15) is 64.0 Å². The lowest BCUT2D eigenvalue weighted by molar-refractivity contribution is -0.155. The van der Waals surface area contributed by atoms with Crippen LogP contribution >= 0.6 is 0 Å². The maximum absolute atomic E-state index is 12.9. The summed E-state index contributed by atoms with van der Waals surface area (Å²) in [6.45, 7) is 7.19. The lowest BCUT2D eigenvalue weighted by atomic mass is 10.1. The Labute approximate surface area is 156 Å². The standard InChI is InChI=1S/C21H32N2O3/c1-20(2,3)26-18-12-21(18,19(24)25-17-6-4-5-7-17)23-14-16-10-8-15(13-22)9-11-16/h8-11,17-18,23H,4-7,12-14,22H2,1-3H3. The summed E-state index contributed by atoms with van der Waals surface area (Å²) in [5.74, 6) is -0.155. The molecule has 0 spiro atoms. The van der Waals surface area contributed by atoms with E-state index in [2.05, 4.69) is 5.32 Å². The van der Waals surface area contributed by atoms with Crippen LogP contribution in [0.15, 0.2) is 24.3 Å². The molecule has 5 nitrogen and oxygen atoms in total. The van der Waals surface area contributed by atoms with Gasteiger partial charge in [-0.3, -0.25) is 5.32 Å². The van der Waals surface area contributed by atoms with Crippen LogP contribution in [0.4, 0.5) is 0 Å². The SMILES string of the molecule is CC(C)(C)OC1CC1(NCc1ccc(CN)cc1)C(=O)OC1CCCC1. The summed E-state index contributed by atoms with van der Waals surface area (Å²) in [5, 5.41) is 3.44. The largest absolute Gasteiger partial charge is 0.461 e. The molecule has 0 heterocycles.